The molecule has 76 valence electrons. The molecule has 0 aliphatic heterocycles. The lowest BCUT2D eigenvalue weighted by Crippen LogP contribution is -2.10. The van der Waals surface area contributed by atoms with Gasteiger partial charge in [0.25, 0.3) is 0 Å². The normalized spacial score (nSPS) is 18.3. The SMILES string of the molecule is Nc1cccc(CC2CCCCC2)n1. The van der Waals surface area contributed by atoms with Crippen LogP contribution in [-0.4, -0.2) is 4.98 Å². The van der Waals surface area contributed by atoms with Gasteiger partial charge < -0.3 is 5.73 Å². The van der Waals surface area contributed by atoms with Crippen molar-refractivity contribution in [2.45, 2.75) is 38.5 Å². The van der Waals surface area contributed by atoms with Crippen molar-refractivity contribution in [2.75, 3.05) is 5.73 Å². The molecule has 0 amide bonds. The summed E-state index contributed by atoms with van der Waals surface area (Å²) in [5.74, 6) is 1.50. The molecule has 0 saturated heterocycles. The fraction of sp³-hybridized carbons (Fsp3) is 0.583. The number of nitrogens with zero attached hydrogens (tertiary/aromatic N) is 1. The van der Waals surface area contributed by atoms with Crippen molar-refractivity contribution in [1.82, 2.24) is 4.98 Å². The topological polar surface area (TPSA) is 38.9 Å². The molecule has 2 rings (SSSR count). The van der Waals surface area contributed by atoms with E-state index >= 15 is 0 Å². The Morgan fingerprint density at radius 3 is 2.71 bits per heavy atom. The fourth-order valence-corrected chi connectivity index (χ4v) is 2.30. The highest BCUT2D eigenvalue weighted by Gasteiger charge is 2.14. The number of hydrogen-bond acceptors (Lipinski definition) is 2. The van der Waals surface area contributed by atoms with Crippen LogP contribution in [0.1, 0.15) is 37.8 Å². The van der Waals surface area contributed by atoms with Gasteiger partial charge in [0.2, 0.25) is 0 Å². The number of nitrogen functional groups attached to an aromatic ring is 1. The van der Waals surface area contributed by atoms with Gasteiger partial charge in [-0.25, -0.2) is 4.98 Å². The molecule has 14 heavy (non-hydrogen) atoms. The number of anilines is 1. The second-order valence-corrected chi connectivity index (χ2v) is 4.26. The maximum Gasteiger partial charge on any atom is 0.123 e. The van der Waals surface area contributed by atoms with Crippen LogP contribution >= 0.6 is 0 Å². The van der Waals surface area contributed by atoms with E-state index in [1.165, 1.54) is 32.1 Å². The minimum atomic E-state index is 0.651. The largest absolute Gasteiger partial charge is 0.384 e. The van der Waals surface area contributed by atoms with Gasteiger partial charge in [0, 0.05) is 5.69 Å². The molecule has 0 atom stereocenters. The van der Waals surface area contributed by atoms with E-state index in [1.807, 2.05) is 12.1 Å². The van der Waals surface area contributed by atoms with Crippen molar-refractivity contribution in [1.29, 1.82) is 0 Å². The first kappa shape index (κ1) is 9.50. The predicted octanol–water partition coefficient (Wildman–Crippen LogP) is 2.79. The molecule has 1 aliphatic rings. The molecule has 1 heterocycles. The first-order valence-electron chi connectivity index (χ1n) is 5.56. The number of hydrogen-bond donors (Lipinski definition) is 1. The number of pyridine rings is 1. The van der Waals surface area contributed by atoms with E-state index < -0.39 is 0 Å². The third kappa shape index (κ3) is 2.47. The molecular formula is C12H18N2. The highest BCUT2D eigenvalue weighted by atomic mass is 14.8. The molecule has 2 N–H and O–H groups in total. The lowest BCUT2D eigenvalue weighted by molar-refractivity contribution is 0.354. The van der Waals surface area contributed by atoms with Crippen molar-refractivity contribution >= 4 is 5.82 Å². The average molecular weight is 190 g/mol. The van der Waals surface area contributed by atoms with Crippen LogP contribution in [0.2, 0.25) is 0 Å². The molecule has 2 heteroatoms. The summed E-state index contributed by atoms with van der Waals surface area (Å²) in [5.41, 5.74) is 6.82. The molecule has 0 aromatic carbocycles. The van der Waals surface area contributed by atoms with Crippen LogP contribution in [0.3, 0.4) is 0 Å². The van der Waals surface area contributed by atoms with Gasteiger partial charge in [-0.15, -0.1) is 0 Å². The van der Waals surface area contributed by atoms with E-state index in [0.717, 1.165) is 18.0 Å². The van der Waals surface area contributed by atoms with Crippen molar-refractivity contribution < 1.29 is 0 Å². The molecule has 1 aliphatic carbocycles. The van der Waals surface area contributed by atoms with Gasteiger partial charge in [-0.1, -0.05) is 38.2 Å². The van der Waals surface area contributed by atoms with Crippen LogP contribution in [0.15, 0.2) is 18.2 Å². The maximum absolute atomic E-state index is 5.65. The highest BCUT2D eigenvalue weighted by molar-refractivity contribution is 5.28. The summed E-state index contributed by atoms with van der Waals surface area (Å²) in [4.78, 5) is 4.35. The first-order valence-corrected chi connectivity index (χ1v) is 5.56. The van der Waals surface area contributed by atoms with Gasteiger partial charge in [0.05, 0.1) is 0 Å². The molecule has 1 aromatic heterocycles. The summed E-state index contributed by atoms with van der Waals surface area (Å²) in [7, 11) is 0. The van der Waals surface area contributed by atoms with Gasteiger partial charge >= 0.3 is 0 Å². The van der Waals surface area contributed by atoms with Gasteiger partial charge in [-0.3, -0.25) is 0 Å². The second kappa shape index (κ2) is 4.45. The predicted molar refractivity (Wildman–Crippen MR) is 58.9 cm³/mol. The molecule has 2 nitrogen and oxygen atoms in total. The van der Waals surface area contributed by atoms with E-state index in [9.17, 15) is 0 Å². The zero-order chi connectivity index (χ0) is 9.80. The fourth-order valence-electron chi connectivity index (χ4n) is 2.30. The van der Waals surface area contributed by atoms with Gasteiger partial charge in [0.1, 0.15) is 5.82 Å². The van der Waals surface area contributed by atoms with Gasteiger partial charge in [-0.05, 0) is 24.5 Å². The summed E-state index contributed by atoms with van der Waals surface area (Å²) in [6.45, 7) is 0. The Morgan fingerprint density at radius 2 is 2.00 bits per heavy atom. The van der Waals surface area contributed by atoms with Gasteiger partial charge in [-0.2, -0.15) is 0 Å². The lowest BCUT2D eigenvalue weighted by atomic mass is 9.86. The Balaban J connectivity index is 1.95. The zero-order valence-corrected chi connectivity index (χ0v) is 8.58. The molecule has 1 aromatic rings. The van der Waals surface area contributed by atoms with E-state index in [2.05, 4.69) is 11.1 Å². The van der Waals surface area contributed by atoms with Crippen molar-refractivity contribution in [2.24, 2.45) is 5.92 Å². The third-order valence-corrected chi connectivity index (χ3v) is 3.05. The lowest BCUT2D eigenvalue weighted by Gasteiger charge is -2.20. The summed E-state index contributed by atoms with van der Waals surface area (Å²) < 4.78 is 0. The summed E-state index contributed by atoms with van der Waals surface area (Å²) >= 11 is 0. The Bertz CT molecular complexity index is 290. The number of aromatic nitrogens is 1. The summed E-state index contributed by atoms with van der Waals surface area (Å²) in [6, 6.07) is 5.94. The monoisotopic (exact) mass is 190 g/mol. The van der Waals surface area contributed by atoms with Crippen LogP contribution < -0.4 is 5.73 Å². The van der Waals surface area contributed by atoms with E-state index in [1.54, 1.807) is 0 Å². The minimum absolute atomic E-state index is 0.651. The standard InChI is InChI=1S/C12H18N2/c13-12-8-4-7-11(14-12)9-10-5-2-1-3-6-10/h4,7-8,10H,1-3,5-6,9H2,(H2,13,14). The Kier molecular flexibility index (Phi) is 3.02. The van der Waals surface area contributed by atoms with E-state index in [-0.39, 0.29) is 0 Å². The molecule has 0 bridgehead atoms. The molecule has 1 saturated carbocycles. The number of nitrogens with two attached hydrogens (primary N) is 1. The van der Waals surface area contributed by atoms with Crippen LogP contribution in [0.25, 0.3) is 0 Å². The molecular weight excluding hydrogens is 172 g/mol. The summed E-state index contributed by atoms with van der Waals surface area (Å²) in [6.07, 6.45) is 8.07. The first-order chi connectivity index (χ1) is 6.84. The molecule has 0 spiro atoms. The van der Waals surface area contributed by atoms with Crippen molar-refractivity contribution in [3.8, 4) is 0 Å². The quantitative estimate of drug-likeness (QED) is 0.778. The minimum Gasteiger partial charge on any atom is -0.384 e. The smallest absolute Gasteiger partial charge is 0.123 e. The Labute approximate surface area is 85.5 Å². The third-order valence-electron chi connectivity index (χ3n) is 3.05. The average Bonchev–Trinajstić information content (AvgIpc) is 2.19. The van der Waals surface area contributed by atoms with Gasteiger partial charge in [0.15, 0.2) is 0 Å². The Morgan fingerprint density at radius 1 is 1.21 bits per heavy atom. The van der Waals surface area contributed by atoms with Crippen LogP contribution in [0.4, 0.5) is 5.82 Å². The van der Waals surface area contributed by atoms with Crippen LogP contribution in [-0.2, 0) is 6.42 Å². The van der Waals surface area contributed by atoms with E-state index in [4.69, 9.17) is 5.73 Å². The van der Waals surface area contributed by atoms with E-state index in [0.29, 0.717) is 5.82 Å². The Hall–Kier alpha value is -1.05. The maximum atomic E-state index is 5.65. The summed E-state index contributed by atoms with van der Waals surface area (Å²) in [5, 5.41) is 0. The second-order valence-electron chi connectivity index (χ2n) is 4.26. The van der Waals surface area contributed by atoms with Crippen LogP contribution in [0.5, 0.6) is 0 Å². The molecule has 0 radical (unpaired) electrons. The zero-order valence-electron chi connectivity index (χ0n) is 8.58. The van der Waals surface area contributed by atoms with Crippen LogP contribution in [0, 0.1) is 5.92 Å². The van der Waals surface area contributed by atoms with Crippen molar-refractivity contribution in [3.63, 3.8) is 0 Å². The number of rotatable bonds is 2. The molecule has 1 fully saturated rings. The van der Waals surface area contributed by atoms with Crippen molar-refractivity contribution in [3.05, 3.63) is 23.9 Å². The molecule has 0 unspecified atom stereocenters. The highest BCUT2D eigenvalue weighted by Crippen LogP contribution is 2.26.